The van der Waals surface area contributed by atoms with E-state index in [1.165, 1.54) is 18.6 Å². The number of carboxylic acid groups (broad SMARTS) is 1. The minimum absolute atomic E-state index is 0.181. The van der Waals surface area contributed by atoms with Crippen LogP contribution < -0.4 is 0 Å². The number of carbonyl (C=O) groups is 1. The average molecular weight is 232 g/mol. The summed E-state index contributed by atoms with van der Waals surface area (Å²) >= 11 is 0. The first-order valence-corrected chi connectivity index (χ1v) is 5.54. The lowest BCUT2D eigenvalue weighted by Gasteiger charge is -2.00. The number of hydrogen-bond donors (Lipinski definition) is 2. The zero-order valence-electron chi connectivity index (χ0n) is 9.97. The van der Waals surface area contributed by atoms with E-state index in [9.17, 15) is 9.90 Å². The molecule has 0 aliphatic carbocycles. The van der Waals surface area contributed by atoms with E-state index in [1.54, 1.807) is 24.3 Å². The van der Waals surface area contributed by atoms with Crippen LogP contribution in [0.2, 0.25) is 0 Å². The van der Waals surface area contributed by atoms with Gasteiger partial charge < -0.3 is 10.2 Å². The van der Waals surface area contributed by atoms with Crippen LogP contribution in [0, 0.1) is 0 Å². The number of rotatable bonds is 1. The van der Waals surface area contributed by atoms with Gasteiger partial charge in [-0.1, -0.05) is 32.4 Å². The Hall–Kier alpha value is -2.03. The largest absolute Gasteiger partial charge is 0.508 e. The molecule has 3 nitrogen and oxygen atoms in total. The summed E-state index contributed by atoms with van der Waals surface area (Å²) in [5.41, 5.74) is 0.253. The van der Waals surface area contributed by atoms with Gasteiger partial charge in [-0.05, 0) is 35.0 Å². The van der Waals surface area contributed by atoms with Crippen molar-refractivity contribution in [3.05, 3.63) is 42.0 Å². The summed E-state index contributed by atoms with van der Waals surface area (Å²) in [4.78, 5) is 10.7. The summed E-state index contributed by atoms with van der Waals surface area (Å²) < 4.78 is 0. The van der Waals surface area contributed by atoms with Crippen LogP contribution in [0.15, 0.2) is 36.4 Å². The van der Waals surface area contributed by atoms with Gasteiger partial charge in [0.1, 0.15) is 5.75 Å². The Morgan fingerprint density at radius 1 is 1.06 bits per heavy atom. The van der Waals surface area contributed by atoms with Crippen molar-refractivity contribution in [1.82, 2.24) is 0 Å². The fourth-order valence-corrected chi connectivity index (χ4v) is 1.37. The highest BCUT2D eigenvalue weighted by Gasteiger charge is 2.03. The summed E-state index contributed by atoms with van der Waals surface area (Å²) in [5, 5.41) is 19.6. The predicted octanol–water partition coefficient (Wildman–Crippen LogP) is 3.66. The first-order chi connectivity index (χ1) is 8.08. The van der Waals surface area contributed by atoms with E-state index in [0.717, 1.165) is 10.8 Å². The maximum atomic E-state index is 10.7. The van der Waals surface area contributed by atoms with Crippen molar-refractivity contribution in [3.8, 4) is 5.75 Å². The Morgan fingerprint density at radius 2 is 1.59 bits per heavy atom. The van der Waals surface area contributed by atoms with Gasteiger partial charge in [-0.15, -0.1) is 0 Å². The van der Waals surface area contributed by atoms with Crippen LogP contribution in [0.4, 0.5) is 0 Å². The second-order valence-corrected chi connectivity index (χ2v) is 3.76. The molecule has 3 heteroatoms. The lowest BCUT2D eigenvalue weighted by atomic mass is 10.1. The van der Waals surface area contributed by atoms with Crippen LogP contribution in [-0.4, -0.2) is 16.2 Å². The summed E-state index contributed by atoms with van der Waals surface area (Å²) in [6.07, 6.45) is 1.25. The minimum atomic E-state index is -0.944. The van der Waals surface area contributed by atoms with Gasteiger partial charge in [0.2, 0.25) is 0 Å². The molecule has 0 bridgehead atoms. The molecule has 0 atom stereocenters. The number of benzene rings is 2. The molecular formula is C14H16O3. The van der Waals surface area contributed by atoms with Crippen molar-refractivity contribution in [1.29, 1.82) is 0 Å². The Bertz CT molecular complexity index is 518. The van der Waals surface area contributed by atoms with Crippen LogP contribution in [-0.2, 0) is 0 Å². The van der Waals surface area contributed by atoms with E-state index in [1.807, 2.05) is 0 Å². The van der Waals surface area contributed by atoms with E-state index in [0.29, 0.717) is 0 Å². The molecule has 0 aliphatic rings. The molecule has 2 aromatic rings. The topological polar surface area (TPSA) is 57.5 Å². The first kappa shape index (κ1) is 13.0. The summed E-state index contributed by atoms with van der Waals surface area (Å²) in [6.45, 7) is 4.25. The van der Waals surface area contributed by atoms with E-state index in [-0.39, 0.29) is 11.3 Å². The molecule has 0 radical (unpaired) electrons. The highest BCUT2D eigenvalue weighted by atomic mass is 16.4. The molecule has 0 saturated carbocycles. The quantitative estimate of drug-likeness (QED) is 0.788. The Morgan fingerprint density at radius 3 is 2.18 bits per heavy atom. The second kappa shape index (κ2) is 5.89. The number of aromatic hydroxyl groups is 1. The zero-order chi connectivity index (χ0) is 12.8. The first-order valence-electron chi connectivity index (χ1n) is 5.54. The van der Waals surface area contributed by atoms with E-state index in [2.05, 4.69) is 13.8 Å². The van der Waals surface area contributed by atoms with Gasteiger partial charge >= 0.3 is 5.97 Å². The van der Waals surface area contributed by atoms with E-state index in [4.69, 9.17) is 5.11 Å². The van der Waals surface area contributed by atoms with Crippen molar-refractivity contribution < 1.29 is 15.0 Å². The second-order valence-electron chi connectivity index (χ2n) is 3.76. The molecule has 0 amide bonds. The third-order valence-electron chi connectivity index (χ3n) is 2.07. The Kier molecular flexibility index (Phi) is 4.52. The minimum Gasteiger partial charge on any atom is -0.508 e. The maximum absolute atomic E-state index is 10.7. The van der Waals surface area contributed by atoms with Crippen molar-refractivity contribution in [2.45, 2.75) is 20.3 Å². The van der Waals surface area contributed by atoms with Crippen molar-refractivity contribution in [2.75, 3.05) is 0 Å². The predicted molar refractivity (Wildman–Crippen MR) is 68.5 cm³/mol. The highest BCUT2D eigenvalue weighted by molar-refractivity contribution is 5.94. The van der Waals surface area contributed by atoms with Crippen LogP contribution in [0.25, 0.3) is 10.8 Å². The highest BCUT2D eigenvalue weighted by Crippen LogP contribution is 2.20. The maximum Gasteiger partial charge on any atom is 0.335 e. The van der Waals surface area contributed by atoms with Gasteiger partial charge in [0, 0.05) is 0 Å². The van der Waals surface area contributed by atoms with Gasteiger partial charge in [-0.2, -0.15) is 0 Å². The molecule has 0 aromatic heterocycles. The molecule has 0 saturated heterocycles. The molecule has 2 rings (SSSR count). The number of phenols is 1. The van der Waals surface area contributed by atoms with Crippen LogP contribution in [0.5, 0.6) is 5.75 Å². The number of aromatic carboxylic acids is 1. The standard InChI is InChI=1S/C11H8O3.C3H8/c12-10-4-3-7-5-9(11(13)14)2-1-8(7)6-10;1-3-2/h1-6,12H,(H,13,14);3H2,1-2H3. The van der Waals surface area contributed by atoms with Gasteiger partial charge in [0.05, 0.1) is 5.56 Å². The summed E-state index contributed by atoms with van der Waals surface area (Å²) in [5.74, 6) is -0.763. The number of hydrogen-bond acceptors (Lipinski definition) is 2. The van der Waals surface area contributed by atoms with Crippen molar-refractivity contribution in [2.24, 2.45) is 0 Å². The molecule has 17 heavy (non-hydrogen) atoms. The molecular weight excluding hydrogens is 216 g/mol. The molecule has 2 N–H and O–H groups in total. The molecule has 0 heterocycles. The number of phenolic OH excluding ortho intramolecular Hbond substituents is 1. The fraction of sp³-hybridized carbons (Fsp3) is 0.214. The number of fused-ring (bicyclic) bond motifs is 1. The SMILES string of the molecule is CCC.O=C(O)c1ccc2cc(O)ccc2c1. The molecule has 0 unspecified atom stereocenters. The smallest absolute Gasteiger partial charge is 0.335 e. The van der Waals surface area contributed by atoms with Crippen LogP contribution in [0.3, 0.4) is 0 Å². The van der Waals surface area contributed by atoms with Crippen molar-refractivity contribution >= 4 is 16.7 Å². The average Bonchev–Trinajstić information content (AvgIpc) is 2.29. The van der Waals surface area contributed by atoms with Crippen LogP contribution in [0.1, 0.15) is 30.6 Å². The third-order valence-corrected chi connectivity index (χ3v) is 2.07. The van der Waals surface area contributed by atoms with Crippen LogP contribution >= 0.6 is 0 Å². The number of carboxylic acids is 1. The molecule has 90 valence electrons. The normalized spacial score (nSPS) is 9.53. The summed E-state index contributed by atoms with van der Waals surface area (Å²) in [7, 11) is 0. The third kappa shape index (κ3) is 3.48. The van der Waals surface area contributed by atoms with Gasteiger partial charge in [-0.25, -0.2) is 4.79 Å². The van der Waals surface area contributed by atoms with Gasteiger partial charge in [0.25, 0.3) is 0 Å². The monoisotopic (exact) mass is 232 g/mol. The lowest BCUT2D eigenvalue weighted by Crippen LogP contribution is -1.94. The zero-order valence-corrected chi connectivity index (χ0v) is 9.97. The molecule has 0 aliphatic heterocycles. The Balaban J connectivity index is 0.000000437. The van der Waals surface area contributed by atoms with Crippen molar-refractivity contribution in [3.63, 3.8) is 0 Å². The Labute approximate surface area is 100 Å². The molecule has 0 spiro atoms. The van der Waals surface area contributed by atoms with Gasteiger partial charge in [-0.3, -0.25) is 0 Å². The van der Waals surface area contributed by atoms with E-state index < -0.39 is 5.97 Å². The molecule has 2 aromatic carbocycles. The fourth-order valence-electron chi connectivity index (χ4n) is 1.37. The summed E-state index contributed by atoms with van der Waals surface area (Å²) in [6, 6.07) is 9.60. The molecule has 0 fully saturated rings. The lowest BCUT2D eigenvalue weighted by molar-refractivity contribution is 0.0697. The van der Waals surface area contributed by atoms with E-state index >= 15 is 0 Å². The van der Waals surface area contributed by atoms with Gasteiger partial charge in [0.15, 0.2) is 0 Å².